The van der Waals surface area contributed by atoms with Crippen molar-refractivity contribution in [2.75, 3.05) is 11.9 Å². The Morgan fingerprint density at radius 3 is 2.50 bits per heavy atom. The Balaban J connectivity index is 1.86. The van der Waals surface area contributed by atoms with Crippen LogP contribution in [0.4, 0.5) is 5.69 Å². The van der Waals surface area contributed by atoms with Crippen LogP contribution in [-0.4, -0.2) is 34.6 Å². The highest BCUT2D eigenvalue weighted by Crippen LogP contribution is 2.42. The second kappa shape index (κ2) is 9.21. The van der Waals surface area contributed by atoms with Gasteiger partial charge in [-0.2, -0.15) is 0 Å². The Morgan fingerprint density at radius 2 is 1.87 bits per heavy atom. The number of carbonyl (C=O) groups is 3. The highest BCUT2D eigenvalue weighted by Gasteiger charge is 2.40. The van der Waals surface area contributed by atoms with Gasteiger partial charge in [-0.15, -0.1) is 11.8 Å². The van der Waals surface area contributed by atoms with Crippen molar-refractivity contribution in [3.8, 4) is 5.75 Å². The first-order valence-electron chi connectivity index (χ1n) is 9.70. The first-order valence-corrected chi connectivity index (χ1v) is 10.6. The number of nitrogens with one attached hydrogen (secondary N) is 2. The van der Waals surface area contributed by atoms with E-state index < -0.39 is 5.91 Å². The molecule has 2 atom stereocenters. The number of nitrogens with zero attached hydrogens (tertiary/aromatic N) is 1. The second-order valence-corrected chi connectivity index (χ2v) is 8.44. The molecule has 30 heavy (non-hydrogen) atoms. The van der Waals surface area contributed by atoms with Gasteiger partial charge in [-0.25, -0.2) is 5.01 Å². The Labute approximate surface area is 180 Å². The highest BCUT2D eigenvalue weighted by molar-refractivity contribution is 8.01. The van der Waals surface area contributed by atoms with E-state index in [0.717, 1.165) is 11.1 Å². The van der Waals surface area contributed by atoms with Crippen molar-refractivity contribution in [3.63, 3.8) is 0 Å². The van der Waals surface area contributed by atoms with E-state index in [9.17, 15) is 14.4 Å². The van der Waals surface area contributed by atoms with Crippen molar-refractivity contribution in [3.05, 3.63) is 59.2 Å². The molecule has 1 aliphatic heterocycles. The average molecular weight is 428 g/mol. The number of hydrogen-bond acceptors (Lipinski definition) is 5. The summed E-state index contributed by atoms with van der Waals surface area (Å²) in [5, 5.41) is 3.47. The van der Waals surface area contributed by atoms with E-state index in [0.29, 0.717) is 18.0 Å². The van der Waals surface area contributed by atoms with E-state index in [4.69, 9.17) is 4.74 Å². The van der Waals surface area contributed by atoms with Crippen molar-refractivity contribution < 1.29 is 19.1 Å². The van der Waals surface area contributed by atoms with Crippen LogP contribution < -0.4 is 15.5 Å². The number of aryl methyl sites for hydroxylation is 1. The van der Waals surface area contributed by atoms with E-state index in [1.54, 1.807) is 18.2 Å². The number of carbonyl (C=O) groups excluding carboxylic acids is 3. The van der Waals surface area contributed by atoms with Crippen LogP contribution in [0.25, 0.3) is 0 Å². The largest absolute Gasteiger partial charge is 0.493 e. The van der Waals surface area contributed by atoms with Gasteiger partial charge in [0, 0.05) is 18.7 Å². The molecule has 2 N–H and O–H groups in total. The average Bonchev–Trinajstić information content (AvgIpc) is 2.97. The third-order valence-electron chi connectivity index (χ3n) is 4.58. The molecule has 7 nitrogen and oxygen atoms in total. The summed E-state index contributed by atoms with van der Waals surface area (Å²) < 4.78 is 5.60. The lowest BCUT2D eigenvalue weighted by molar-refractivity contribution is -0.132. The molecule has 1 fully saturated rings. The molecule has 3 rings (SSSR count). The van der Waals surface area contributed by atoms with Crippen LogP contribution in [-0.2, 0) is 9.59 Å². The molecule has 158 valence electrons. The maximum absolute atomic E-state index is 13.0. The van der Waals surface area contributed by atoms with Gasteiger partial charge >= 0.3 is 0 Å². The quantitative estimate of drug-likeness (QED) is 0.735. The van der Waals surface area contributed by atoms with Crippen LogP contribution in [0.3, 0.4) is 0 Å². The molecular weight excluding hydrogens is 402 g/mol. The topological polar surface area (TPSA) is 87.7 Å². The van der Waals surface area contributed by atoms with Gasteiger partial charge in [0.25, 0.3) is 11.8 Å². The van der Waals surface area contributed by atoms with Gasteiger partial charge in [0.2, 0.25) is 5.91 Å². The van der Waals surface area contributed by atoms with Crippen LogP contribution in [0.2, 0.25) is 0 Å². The SMILES string of the molecule is CCOc1cc(NC(C)=O)ccc1C(=O)NN1C(=O)[C@@H](C)S[C@H]1c1ccc(C)cc1. The number of thioether (sulfide) groups is 1. The maximum atomic E-state index is 13.0. The lowest BCUT2D eigenvalue weighted by Crippen LogP contribution is -2.45. The maximum Gasteiger partial charge on any atom is 0.273 e. The fraction of sp³-hybridized carbons (Fsp3) is 0.318. The molecule has 0 saturated carbocycles. The number of hydrazine groups is 1. The van der Waals surface area contributed by atoms with Crippen LogP contribution in [0.15, 0.2) is 42.5 Å². The predicted octanol–water partition coefficient (Wildman–Crippen LogP) is 3.66. The molecule has 0 unspecified atom stereocenters. The van der Waals surface area contributed by atoms with Gasteiger partial charge < -0.3 is 10.1 Å². The molecule has 0 bridgehead atoms. The number of ether oxygens (including phenoxy) is 1. The molecule has 0 aromatic heterocycles. The lowest BCUT2D eigenvalue weighted by Gasteiger charge is -2.25. The monoisotopic (exact) mass is 427 g/mol. The minimum absolute atomic E-state index is 0.160. The zero-order chi connectivity index (χ0) is 21.8. The molecule has 1 heterocycles. The predicted molar refractivity (Wildman–Crippen MR) is 117 cm³/mol. The Kier molecular flexibility index (Phi) is 6.66. The van der Waals surface area contributed by atoms with Crippen LogP contribution in [0.1, 0.15) is 47.6 Å². The van der Waals surface area contributed by atoms with Gasteiger partial charge in [0.1, 0.15) is 11.1 Å². The van der Waals surface area contributed by atoms with Crippen molar-refractivity contribution >= 4 is 35.2 Å². The summed E-state index contributed by atoms with van der Waals surface area (Å²) in [6, 6.07) is 12.7. The van der Waals surface area contributed by atoms with E-state index in [1.807, 2.05) is 45.0 Å². The molecule has 0 spiro atoms. The van der Waals surface area contributed by atoms with E-state index in [2.05, 4.69) is 10.7 Å². The van der Waals surface area contributed by atoms with Crippen LogP contribution in [0, 0.1) is 6.92 Å². The first-order chi connectivity index (χ1) is 14.3. The van der Waals surface area contributed by atoms with Gasteiger partial charge in [-0.3, -0.25) is 19.8 Å². The number of hydrogen-bond donors (Lipinski definition) is 2. The third-order valence-corrected chi connectivity index (χ3v) is 5.93. The minimum atomic E-state index is -0.451. The number of anilines is 1. The Bertz CT molecular complexity index is 961. The summed E-state index contributed by atoms with van der Waals surface area (Å²) in [5.41, 5.74) is 5.63. The van der Waals surface area contributed by atoms with Crippen molar-refractivity contribution in [2.24, 2.45) is 0 Å². The summed E-state index contributed by atoms with van der Waals surface area (Å²) in [6.45, 7) is 7.39. The summed E-state index contributed by atoms with van der Waals surface area (Å²) in [6.07, 6.45) is 0. The van der Waals surface area contributed by atoms with Gasteiger partial charge in [-0.05, 0) is 38.5 Å². The molecule has 2 aromatic carbocycles. The Hall–Kier alpha value is -3.00. The summed E-state index contributed by atoms with van der Waals surface area (Å²) >= 11 is 1.48. The third kappa shape index (κ3) is 4.76. The van der Waals surface area contributed by atoms with Gasteiger partial charge in [-0.1, -0.05) is 29.8 Å². The summed E-state index contributed by atoms with van der Waals surface area (Å²) in [5.74, 6) is -0.496. The summed E-state index contributed by atoms with van der Waals surface area (Å²) in [7, 11) is 0. The van der Waals surface area contributed by atoms with Crippen molar-refractivity contribution in [1.29, 1.82) is 0 Å². The van der Waals surface area contributed by atoms with Crippen LogP contribution >= 0.6 is 11.8 Å². The molecule has 0 radical (unpaired) electrons. The van der Waals surface area contributed by atoms with E-state index in [-0.39, 0.29) is 28.0 Å². The minimum Gasteiger partial charge on any atom is -0.493 e. The smallest absolute Gasteiger partial charge is 0.273 e. The lowest BCUT2D eigenvalue weighted by atomic mass is 10.1. The van der Waals surface area contributed by atoms with Gasteiger partial charge in [0.15, 0.2) is 0 Å². The molecular formula is C22H25N3O4S. The van der Waals surface area contributed by atoms with Crippen molar-refractivity contribution in [2.45, 2.75) is 38.3 Å². The molecule has 0 aliphatic carbocycles. The van der Waals surface area contributed by atoms with Gasteiger partial charge in [0.05, 0.1) is 17.4 Å². The first kappa shape index (κ1) is 21.7. The molecule has 3 amide bonds. The number of amides is 3. The zero-order valence-corrected chi connectivity index (χ0v) is 18.2. The van der Waals surface area contributed by atoms with Crippen LogP contribution in [0.5, 0.6) is 5.75 Å². The highest BCUT2D eigenvalue weighted by atomic mass is 32.2. The molecule has 2 aromatic rings. The van der Waals surface area contributed by atoms with Crippen molar-refractivity contribution in [1.82, 2.24) is 10.4 Å². The second-order valence-electron chi connectivity index (χ2n) is 7.02. The fourth-order valence-electron chi connectivity index (χ4n) is 3.13. The fourth-order valence-corrected chi connectivity index (χ4v) is 4.34. The normalized spacial score (nSPS) is 18.3. The molecule has 1 aliphatic rings. The van der Waals surface area contributed by atoms with E-state index >= 15 is 0 Å². The summed E-state index contributed by atoms with van der Waals surface area (Å²) in [4.78, 5) is 37.1. The molecule has 8 heteroatoms. The molecule has 1 saturated heterocycles. The number of rotatable bonds is 6. The Morgan fingerprint density at radius 1 is 1.17 bits per heavy atom. The number of benzene rings is 2. The van der Waals surface area contributed by atoms with E-state index in [1.165, 1.54) is 23.7 Å². The standard InChI is InChI=1S/C22H25N3O4S/c1-5-29-19-12-17(23-15(4)26)10-11-18(19)20(27)24-25-21(28)14(3)30-22(25)16-8-6-13(2)7-9-16/h6-12,14,22H,5H2,1-4H3,(H,23,26)(H,24,27)/t14-,22+/m1/s1. The zero-order valence-electron chi connectivity index (χ0n) is 17.4.